The Morgan fingerprint density at radius 3 is 3.16 bits per heavy atom. The quantitative estimate of drug-likeness (QED) is 0.761. The van der Waals surface area contributed by atoms with Gasteiger partial charge in [0.25, 0.3) is 5.56 Å². The third-order valence-corrected chi connectivity index (χ3v) is 3.66. The molecule has 1 aromatic heterocycles. The highest BCUT2D eigenvalue weighted by molar-refractivity contribution is 5.75. The van der Waals surface area contributed by atoms with Crippen LogP contribution in [0.25, 0.3) is 0 Å². The predicted molar refractivity (Wildman–Crippen MR) is 69.6 cm³/mol. The summed E-state index contributed by atoms with van der Waals surface area (Å²) in [5.74, 6) is 0.540. The zero-order valence-corrected chi connectivity index (χ0v) is 10.8. The van der Waals surface area contributed by atoms with E-state index in [1.165, 1.54) is 23.7 Å². The Labute approximate surface area is 111 Å². The van der Waals surface area contributed by atoms with Crippen LogP contribution in [-0.4, -0.2) is 28.5 Å². The minimum absolute atomic E-state index is 0.0687. The van der Waals surface area contributed by atoms with Crippen LogP contribution >= 0.6 is 0 Å². The van der Waals surface area contributed by atoms with Gasteiger partial charge in [-0.3, -0.25) is 14.2 Å². The van der Waals surface area contributed by atoms with Crippen LogP contribution < -0.4 is 16.2 Å². The van der Waals surface area contributed by atoms with Gasteiger partial charge >= 0.3 is 0 Å². The Balaban J connectivity index is 1.69. The van der Waals surface area contributed by atoms with Gasteiger partial charge in [-0.25, -0.2) is 4.98 Å². The van der Waals surface area contributed by atoms with Crippen LogP contribution in [0.3, 0.4) is 0 Å². The zero-order valence-electron chi connectivity index (χ0n) is 10.8. The minimum Gasteiger partial charge on any atom is -0.354 e. The van der Waals surface area contributed by atoms with Gasteiger partial charge in [-0.05, 0) is 31.7 Å². The lowest BCUT2D eigenvalue weighted by atomic mass is 10.1. The SMILES string of the molecule is O=C(Cn1cnc2c(c1=O)CCNC2)NCC1CC1. The zero-order chi connectivity index (χ0) is 13.2. The van der Waals surface area contributed by atoms with E-state index in [9.17, 15) is 9.59 Å². The number of aromatic nitrogens is 2. The van der Waals surface area contributed by atoms with E-state index < -0.39 is 0 Å². The van der Waals surface area contributed by atoms with Crippen molar-refractivity contribution in [1.82, 2.24) is 20.2 Å². The fraction of sp³-hybridized carbons (Fsp3) is 0.615. The summed E-state index contributed by atoms with van der Waals surface area (Å²) in [6.07, 6.45) is 4.57. The first-order chi connectivity index (χ1) is 9.24. The van der Waals surface area contributed by atoms with E-state index in [-0.39, 0.29) is 18.0 Å². The summed E-state index contributed by atoms with van der Waals surface area (Å²) in [7, 11) is 0. The molecule has 0 saturated heterocycles. The van der Waals surface area contributed by atoms with Crippen molar-refractivity contribution in [3.8, 4) is 0 Å². The summed E-state index contributed by atoms with van der Waals surface area (Å²) in [5.41, 5.74) is 1.48. The number of rotatable bonds is 4. The molecule has 6 nitrogen and oxygen atoms in total. The van der Waals surface area contributed by atoms with Gasteiger partial charge in [0, 0.05) is 18.7 Å². The molecule has 2 aliphatic rings. The van der Waals surface area contributed by atoms with E-state index in [0.29, 0.717) is 18.9 Å². The number of amides is 1. The topological polar surface area (TPSA) is 76.0 Å². The smallest absolute Gasteiger partial charge is 0.257 e. The summed E-state index contributed by atoms with van der Waals surface area (Å²) < 4.78 is 1.41. The van der Waals surface area contributed by atoms with E-state index in [2.05, 4.69) is 15.6 Å². The molecule has 0 unspecified atom stereocenters. The van der Waals surface area contributed by atoms with Gasteiger partial charge in [-0.1, -0.05) is 0 Å². The van der Waals surface area contributed by atoms with Crippen molar-refractivity contribution < 1.29 is 4.79 Å². The van der Waals surface area contributed by atoms with Gasteiger partial charge in [0.1, 0.15) is 6.54 Å². The van der Waals surface area contributed by atoms with Gasteiger partial charge in [0.2, 0.25) is 5.91 Å². The lowest BCUT2D eigenvalue weighted by molar-refractivity contribution is -0.121. The Kier molecular flexibility index (Phi) is 3.33. The summed E-state index contributed by atoms with van der Waals surface area (Å²) in [6.45, 7) is 2.23. The van der Waals surface area contributed by atoms with Gasteiger partial charge in [-0.15, -0.1) is 0 Å². The first kappa shape index (κ1) is 12.3. The van der Waals surface area contributed by atoms with Crippen LogP contribution in [0.5, 0.6) is 0 Å². The number of nitrogens with zero attached hydrogens (tertiary/aromatic N) is 2. The molecule has 3 rings (SSSR count). The molecule has 19 heavy (non-hydrogen) atoms. The maximum Gasteiger partial charge on any atom is 0.257 e. The van der Waals surface area contributed by atoms with Gasteiger partial charge in [-0.2, -0.15) is 0 Å². The van der Waals surface area contributed by atoms with Crippen LogP contribution in [0.15, 0.2) is 11.1 Å². The fourth-order valence-electron chi connectivity index (χ4n) is 2.29. The fourth-order valence-corrected chi connectivity index (χ4v) is 2.29. The molecule has 0 radical (unpaired) electrons. The Morgan fingerprint density at radius 2 is 2.37 bits per heavy atom. The average molecular weight is 262 g/mol. The minimum atomic E-state index is -0.107. The maximum absolute atomic E-state index is 12.2. The van der Waals surface area contributed by atoms with Crippen LogP contribution in [0.1, 0.15) is 24.1 Å². The molecule has 0 atom stereocenters. The molecule has 102 valence electrons. The molecule has 1 saturated carbocycles. The number of carbonyl (C=O) groups excluding carboxylic acids is 1. The molecular formula is C13H18N4O2. The lowest BCUT2D eigenvalue weighted by Crippen LogP contribution is -2.38. The highest BCUT2D eigenvalue weighted by Gasteiger charge is 2.22. The predicted octanol–water partition coefficient (Wildman–Crippen LogP) is -0.585. The Bertz CT molecular complexity index is 548. The Hall–Kier alpha value is -1.69. The molecule has 2 heterocycles. The van der Waals surface area contributed by atoms with Gasteiger partial charge in [0.15, 0.2) is 0 Å². The molecule has 6 heteroatoms. The van der Waals surface area contributed by atoms with Crippen molar-refractivity contribution >= 4 is 5.91 Å². The van der Waals surface area contributed by atoms with Gasteiger partial charge < -0.3 is 10.6 Å². The van der Waals surface area contributed by atoms with Crippen LogP contribution in [0, 0.1) is 5.92 Å². The number of hydrogen-bond donors (Lipinski definition) is 2. The Morgan fingerprint density at radius 1 is 1.53 bits per heavy atom. The normalized spacial score (nSPS) is 17.9. The molecule has 0 aromatic carbocycles. The number of carbonyl (C=O) groups is 1. The van der Waals surface area contributed by atoms with Gasteiger partial charge in [0.05, 0.1) is 12.0 Å². The molecule has 1 amide bonds. The molecule has 1 aliphatic heterocycles. The molecule has 1 fully saturated rings. The highest BCUT2D eigenvalue weighted by Crippen LogP contribution is 2.27. The van der Waals surface area contributed by atoms with Crippen molar-refractivity contribution in [3.05, 3.63) is 27.9 Å². The number of nitrogens with one attached hydrogen (secondary N) is 2. The lowest BCUT2D eigenvalue weighted by Gasteiger charge is -2.16. The van der Waals surface area contributed by atoms with Crippen molar-refractivity contribution in [2.45, 2.75) is 32.4 Å². The van der Waals surface area contributed by atoms with E-state index in [1.54, 1.807) is 0 Å². The monoisotopic (exact) mass is 262 g/mol. The van der Waals surface area contributed by atoms with E-state index in [4.69, 9.17) is 0 Å². The number of hydrogen-bond acceptors (Lipinski definition) is 4. The molecule has 1 aromatic rings. The van der Waals surface area contributed by atoms with Crippen molar-refractivity contribution in [3.63, 3.8) is 0 Å². The van der Waals surface area contributed by atoms with Crippen LogP contribution in [0.2, 0.25) is 0 Å². The van der Waals surface area contributed by atoms with Crippen LogP contribution in [-0.2, 0) is 24.3 Å². The second-order valence-corrected chi connectivity index (χ2v) is 5.28. The molecule has 2 N–H and O–H groups in total. The largest absolute Gasteiger partial charge is 0.354 e. The first-order valence-electron chi connectivity index (χ1n) is 6.78. The van der Waals surface area contributed by atoms with E-state index in [1.807, 2.05) is 0 Å². The molecule has 0 spiro atoms. The van der Waals surface area contributed by atoms with E-state index >= 15 is 0 Å². The van der Waals surface area contributed by atoms with Crippen molar-refractivity contribution in [2.24, 2.45) is 5.92 Å². The standard InChI is InChI=1S/C13H18N4O2/c18-12(15-5-9-1-2-9)7-17-8-16-11-6-14-4-3-10(11)13(17)19/h8-9,14H,1-7H2,(H,15,18). The summed E-state index contributed by atoms with van der Waals surface area (Å²) in [4.78, 5) is 28.2. The second-order valence-electron chi connectivity index (χ2n) is 5.28. The van der Waals surface area contributed by atoms with E-state index in [0.717, 1.165) is 24.3 Å². The second kappa shape index (κ2) is 5.13. The molecule has 1 aliphatic carbocycles. The first-order valence-corrected chi connectivity index (χ1v) is 6.78. The van der Waals surface area contributed by atoms with Crippen LogP contribution in [0.4, 0.5) is 0 Å². The number of fused-ring (bicyclic) bond motifs is 1. The average Bonchev–Trinajstić information content (AvgIpc) is 3.24. The summed E-state index contributed by atoms with van der Waals surface area (Å²) >= 11 is 0. The van der Waals surface area contributed by atoms with Crippen molar-refractivity contribution in [2.75, 3.05) is 13.1 Å². The molecule has 0 bridgehead atoms. The summed E-state index contributed by atoms with van der Waals surface area (Å²) in [5, 5.41) is 6.04. The third-order valence-electron chi connectivity index (χ3n) is 3.66. The highest BCUT2D eigenvalue weighted by atomic mass is 16.2. The van der Waals surface area contributed by atoms with Crippen molar-refractivity contribution in [1.29, 1.82) is 0 Å². The summed E-state index contributed by atoms with van der Waals surface area (Å²) in [6, 6.07) is 0. The molecular weight excluding hydrogens is 244 g/mol. The third kappa shape index (κ3) is 2.84. The maximum atomic E-state index is 12.2.